The Kier molecular flexibility index (Phi) is 4.38. The Morgan fingerprint density at radius 2 is 1.79 bits per heavy atom. The van der Waals surface area contributed by atoms with E-state index in [2.05, 4.69) is 6.92 Å². The molecule has 2 atom stereocenters. The van der Waals surface area contributed by atoms with E-state index in [9.17, 15) is 14.7 Å². The molecule has 124 valence electrons. The van der Waals surface area contributed by atoms with E-state index in [4.69, 9.17) is 0 Å². The lowest BCUT2D eigenvalue weighted by molar-refractivity contribution is -0.139. The van der Waals surface area contributed by atoms with Gasteiger partial charge in [-0.1, -0.05) is 37.3 Å². The minimum atomic E-state index is -0.839. The Morgan fingerprint density at radius 1 is 1.12 bits per heavy atom. The minimum Gasteiger partial charge on any atom is -0.481 e. The Hall–Kier alpha value is -2.62. The molecule has 1 amide bonds. The van der Waals surface area contributed by atoms with Gasteiger partial charge < -0.3 is 10.0 Å². The van der Waals surface area contributed by atoms with Gasteiger partial charge in [0.2, 0.25) is 0 Å². The Morgan fingerprint density at radius 3 is 2.42 bits per heavy atom. The van der Waals surface area contributed by atoms with Gasteiger partial charge in [-0.3, -0.25) is 9.59 Å². The number of carbonyl (C=O) groups is 2. The molecule has 1 aliphatic rings. The van der Waals surface area contributed by atoms with Gasteiger partial charge in [0.05, 0.1) is 5.92 Å². The van der Waals surface area contributed by atoms with E-state index in [1.807, 2.05) is 49.4 Å². The van der Waals surface area contributed by atoms with Crippen molar-refractivity contribution in [3.8, 4) is 0 Å². The lowest BCUT2D eigenvalue weighted by Gasteiger charge is -2.38. The van der Waals surface area contributed by atoms with Crippen LogP contribution in [0.5, 0.6) is 0 Å². The number of fused-ring (bicyclic) bond motifs is 1. The number of carboxylic acid groups (broad SMARTS) is 1. The molecular formula is C20H21NO3. The predicted octanol–water partition coefficient (Wildman–Crippen LogP) is 3.86. The van der Waals surface area contributed by atoms with Crippen LogP contribution in [0.2, 0.25) is 0 Å². The SMILES string of the molecule is CCc1ccc(C(=O)N2c3ccccc3[C@H](C(=O)O)C[C@H]2C)cc1. The Bertz CT molecular complexity index is 767. The largest absolute Gasteiger partial charge is 0.481 e. The lowest BCUT2D eigenvalue weighted by Crippen LogP contribution is -2.44. The summed E-state index contributed by atoms with van der Waals surface area (Å²) in [5, 5.41) is 9.50. The zero-order chi connectivity index (χ0) is 17.3. The van der Waals surface area contributed by atoms with Crippen LogP contribution < -0.4 is 4.90 Å². The van der Waals surface area contributed by atoms with Crippen molar-refractivity contribution in [1.29, 1.82) is 0 Å². The lowest BCUT2D eigenvalue weighted by atomic mass is 9.85. The molecule has 2 aromatic carbocycles. The number of carboxylic acids is 1. The topological polar surface area (TPSA) is 57.6 Å². The fourth-order valence-electron chi connectivity index (χ4n) is 3.38. The maximum Gasteiger partial charge on any atom is 0.311 e. The average Bonchev–Trinajstić information content (AvgIpc) is 2.60. The summed E-state index contributed by atoms with van der Waals surface area (Å²) in [7, 11) is 0. The summed E-state index contributed by atoms with van der Waals surface area (Å²) in [6, 6.07) is 14.8. The molecule has 3 rings (SSSR count). The number of para-hydroxylation sites is 1. The molecule has 1 N–H and O–H groups in total. The van der Waals surface area contributed by atoms with Gasteiger partial charge in [-0.05, 0) is 49.1 Å². The van der Waals surface area contributed by atoms with Crippen LogP contribution in [0, 0.1) is 0 Å². The maximum absolute atomic E-state index is 13.0. The first-order chi connectivity index (χ1) is 11.5. The molecule has 0 spiro atoms. The van der Waals surface area contributed by atoms with E-state index in [1.165, 1.54) is 5.56 Å². The van der Waals surface area contributed by atoms with Crippen molar-refractivity contribution < 1.29 is 14.7 Å². The second-order valence-electron chi connectivity index (χ2n) is 6.26. The average molecular weight is 323 g/mol. The fraction of sp³-hybridized carbons (Fsp3) is 0.300. The number of anilines is 1. The fourth-order valence-corrected chi connectivity index (χ4v) is 3.38. The molecular weight excluding hydrogens is 302 g/mol. The van der Waals surface area contributed by atoms with Crippen molar-refractivity contribution in [2.45, 2.75) is 38.6 Å². The normalized spacial score (nSPS) is 19.7. The second kappa shape index (κ2) is 6.48. The van der Waals surface area contributed by atoms with Crippen molar-refractivity contribution >= 4 is 17.6 Å². The van der Waals surface area contributed by atoms with Crippen molar-refractivity contribution in [2.24, 2.45) is 0 Å². The van der Waals surface area contributed by atoms with E-state index >= 15 is 0 Å². The first kappa shape index (κ1) is 16.2. The minimum absolute atomic E-state index is 0.0820. The summed E-state index contributed by atoms with van der Waals surface area (Å²) in [6.07, 6.45) is 1.35. The molecule has 1 aliphatic heterocycles. The van der Waals surface area contributed by atoms with Crippen LogP contribution in [-0.2, 0) is 11.2 Å². The van der Waals surface area contributed by atoms with Crippen molar-refractivity contribution in [3.63, 3.8) is 0 Å². The van der Waals surface area contributed by atoms with Gasteiger partial charge in [0, 0.05) is 17.3 Å². The summed E-state index contributed by atoms with van der Waals surface area (Å²) in [6.45, 7) is 3.98. The van der Waals surface area contributed by atoms with E-state index in [0.29, 0.717) is 23.2 Å². The van der Waals surface area contributed by atoms with Crippen molar-refractivity contribution in [2.75, 3.05) is 4.90 Å². The molecule has 4 nitrogen and oxygen atoms in total. The number of benzene rings is 2. The van der Waals surface area contributed by atoms with Crippen LogP contribution in [0.1, 0.15) is 47.7 Å². The number of hydrogen-bond acceptors (Lipinski definition) is 2. The zero-order valence-electron chi connectivity index (χ0n) is 13.9. The standard InChI is InChI=1S/C20H21NO3/c1-3-14-8-10-15(11-9-14)19(22)21-13(2)12-17(20(23)24)16-6-4-5-7-18(16)21/h4-11,13,17H,3,12H2,1-2H3,(H,23,24)/t13-,17-/m1/s1. The van der Waals surface area contributed by atoms with Crippen molar-refractivity contribution in [1.82, 2.24) is 0 Å². The molecule has 0 bridgehead atoms. The van der Waals surface area contributed by atoms with Gasteiger partial charge in [-0.25, -0.2) is 0 Å². The molecule has 0 radical (unpaired) electrons. The van der Waals surface area contributed by atoms with Gasteiger partial charge in [0.15, 0.2) is 0 Å². The van der Waals surface area contributed by atoms with E-state index in [-0.39, 0.29) is 11.9 Å². The highest BCUT2D eigenvalue weighted by Crippen LogP contribution is 2.39. The van der Waals surface area contributed by atoms with Gasteiger partial charge in [0.25, 0.3) is 5.91 Å². The number of carbonyl (C=O) groups excluding carboxylic acids is 1. The first-order valence-corrected chi connectivity index (χ1v) is 8.27. The molecule has 1 heterocycles. The monoisotopic (exact) mass is 323 g/mol. The Labute approximate surface area is 141 Å². The number of rotatable bonds is 3. The highest BCUT2D eigenvalue weighted by atomic mass is 16.4. The molecule has 24 heavy (non-hydrogen) atoms. The summed E-state index contributed by atoms with van der Waals surface area (Å²) in [5.41, 5.74) is 3.22. The molecule has 0 saturated heterocycles. The van der Waals surface area contributed by atoms with Crippen LogP contribution in [0.4, 0.5) is 5.69 Å². The Balaban J connectivity index is 2.01. The summed E-state index contributed by atoms with van der Waals surface area (Å²) in [4.78, 5) is 26.3. The first-order valence-electron chi connectivity index (χ1n) is 8.27. The number of aryl methyl sites for hydroxylation is 1. The van der Waals surface area contributed by atoms with Gasteiger partial charge in [-0.2, -0.15) is 0 Å². The van der Waals surface area contributed by atoms with Crippen LogP contribution >= 0.6 is 0 Å². The van der Waals surface area contributed by atoms with Crippen LogP contribution in [-0.4, -0.2) is 23.0 Å². The van der Waals surface area contributed by atoms with Gasteiger partial charge >= 0.3 is 5.97 Å². The number of nitrogens with zero attached hydrogens (tertiary/aromatic N) is 1. The van der Waals surface area contributed by atoms with Crippen LogP contribution in [0.25, 0.3) is 0 Å². The highest BCUT2D eigenvalue weighted by Gasteiger charge is 2.37. The third kappa shape index (κ3) is 2.80. The molecule has 0 fully saturated rings. The third-order valence-corrected chi connectivity index (χ3v) is 4.72. The molecule has 0 aliphatic carbocycles. The number of amides is 1. The summed E-state index contributed by atoms with van der Waals surface area (Å²) in [5.74, 6) is -1.49. The van der Waals surface area contributed by atoms with E-state index < -0.39 is 11.9 Å². The van der Waals surface area contributed by atoms with Gasteiger partial charge in [-0.15, -0.1) is 0 Å². The van der Waals surface area contributed by atoms with E-state index in [1.54, 1.807) is 11.0 Å². The predicted molar refractivity (Wildman–Crippen MR) is 93.5 cm³/mol. The highest BCUT2D eigenvalue weighted by molar-refractivity contribution is 6.07. The van der Waals surface area contributed by atoms with E-state index in [0.717, 1.165) is 6.42 Å². The second-order valence-corrected chi connectivity index (χ2v) is 6.26. The van der Waals surface area contributed by atoms with Crippen LogP contribution in [0.15, 0.2) is 48.5 Å². The molecule has 0 unspecified atom stereocenters. The summed E-state index contributed by atoms with van der Waals surface area (Å²) >= 11 is 0. The smallest absolute Gasteiger partial charge is 0.311 e. The maximum atomic E-state index is 13.0. The molecule has 4 heteroatoms. The van der Waals surface area contributed by atoms with Gasteiger partial charge in [0.1, 0.15) is 0 Å². The third-order valence-electron chi connectivity index (χ3n) is 4.72. The number of hydrogen-bond donors (Lipinski definition) is 1. The zero-order valence-corrected chi connectivity index (χ0v) is 13.9. The summed E-state index contributed by atoms with van der Waals surface area (Å²) < 4.78 is 0. The molecule has 2 aromatic rings. The quantitative estimate of drug-likeness (QED) is 0.933. The molecule has 0 aromatic heterocycles. The van der Waals surface area contributed by atoms with Crippen LogP contribution in [0.3, 0.4) is 0 Å². The number of aliphatic carboxylic acids is 1. The van der Waals surface area contributed by atoms with Crippen molar-refractivity contribution in [3.05, 3.63) is 65.2 Å². The molecule has 0 saturated carbocycles.